The molecule has 3 unspecified atom stereocenters. The van der Waals surface area contributed by atoms with Crippen molar-refractivity contribution in [3.8, 4) is 0 Å². The molecule has 18 heavy (non-hydrogen) atoms. The molecule has 2 aliphatic carbocycles. The summed E-state index contributed by atoms with van der Waals surface area (Å²) in [5.74, 6) is 0. The smallest absolute Gasteiger partial charge is 0.143 e. The zero-order valence-electron chi connectivity index (χ0n) is 10.3. The quantitative estimate of drug-likeness (QED) is 0.704. The van der Waals surface area contributed by atoms with E-state index in [2.05, 4.69) is 16.7 Å². The minimum Gasteiger partial charge on any atom is -0.490 e. The number of hydrogen-bond acceptors (Lipinski definition) is 3. The number of rotatable bonds is 0. The fourth-order valence-electron chi connectivity index (χ4n) is 3.67. The van der Waals surface area contributed by atoms with Gasteiger partial charge in [-0.05, 0) is 36.8 Å². The molecule has 98 valence electrons. The Morgan fingerprint density at radius 2 is 2.22 bits per heavy atom. The molecule has 0 spiro atoms. The molecule has 2 N–H and O–H groups in total. The Balaban J connectivity index is 0.000001000. The maximum atomic E-state index is 5.88. The van der Waals surface area contributed by atoms with Crippen molar-refractivity contribution < 1.29 is 4.74 Å². The first-order valence-corrected chi connectivity index (χ1v) is 6.66. The van der Waals surface area contributed by atoms with Crippen molar-refractivity contribution in [1.29, 1.82) is 0 Å². The molecule has 0 aromatic carbocycles. The van der Waals surface area contributed by atoms with Crippen molar-refractivity contribution in [2.24, 2.45) is 0 Å². The van der Waals surface area contributed by atoms with Gasteiger partial charge in [0.1, 0.15) is 6.10 Å². The third-order valence-electron chi connectivity index (χ3n) is 4.45. The third kappa shape index (κ3) is 1.69. The highest BCUT2D eigenvalue weighted by Gasteiger charge is 2.39. The SMILES string of the molecule is C1=COC2C3=CCCC4NCC(=C34)CCC2N1.Cl. The van der Waals surface area contributed by atoms with Crippen LogP contribution in [-0.4, -0.2) is 24.7 Å². The average Bonchev–Trinajstić information content (AvgIpc) is 2.72. The van der Waals surface area contributed by atoms with Gasteiger partial charge >= 0.3 is 0 Å². The van der Waals surface area contributed by atoms with E-state index in [1.54, 1.807) is 17.4 Å². The molecule has 0 radical (unpaired) electrons. The van der Waals surface area contributed by atoms with Crippen LogP contribution in [0, 0.1) is 0 Å². The molecule has 2 heterocycles. The molecule has 0 aromatic rings. The molecule has 0 amide bonds. The van der Waals surface area contributed by atoms with Crippen molar-refractivity contribution >= 4 is 12.4 Å². The second-order valence-electron chi connectivity index (χ2n) is 5.36. The summed E-state index contributed by atoms with van der Waals surface area (Å²) >= 11 is 0. The topological polar surface area (TPSA) is 33.3 Å². The molecule has 2 aliphatic heterocycles. The maximum Gasteiger partial charge on any atom is 0.143 e. The summed E-state index contributed by atoms with van der Waals surface area (Å²) in [4.78, 5) is 0. The molecule has 3 nitrogen and oxygen atoms in total. The molecular formula is C14H19ClN2O. The van der Waals surface area contributed by atoms with Crippen molar-refractivity contribution in [2.45, 2.75) is 43.9 Å². The lowest BCUT2D eigenvalue weighted by atomic mass is 9.85. The Labute approximate surface area is 114 Å². The molecule has 4 heteroatoms. The summed E-state index contributed by atoms with van der Waals surface area (Å²) in [7, 11) is 0. The number of halogens is 1. The summed E-state index contributed by atoms with van der Waals surface area (Å²) in [5, 5.41) is 7.10. The number of nitrogens with one attached hydrogen (secondary N) is 2. The molecule has 0 bridgehead atoms. The highest BCUT2D eigenvalue weighted by atomic mass is 35.5. The second-order valence-corrected chi connectivity index (χ2v) is 5.36. The van der Waals surface area contributed by atoms with Crippen LogP contribution in [0.1, 0.15) is 25.7 Å². The number of ether oxygens (including phenoxy) is 1. The lowest BCUT2D eigenvalue weighted by Gasteiger charge is -2.34. The van der Waals surface area contributed by atoms with Crippen molar-refractivity contribution in [3.05, 3.63) is 35.3 Å². The van der Waals surface area contributed by atoms with E-state index in [1.807, 2.05) is 6.20 Å². The highest BCUT2D eigenvalue weighted by molar-refractivity contribution is 5.85. The van der Waals surface area contributed by atoms with Crippen LogP contribution in [0.4, 0.5) is 0 Å². The van der Waals surface area contributed by atoms with Gasteiger partial charge in [-0.15, -0.1) is 12.4 Å². The Bertz CT molecular complexity index is 441. The standard InChI is InChI=1S/C14H18N2O.ClH/c1-2-10-13-9(8-16-11(13)3-1)4-5-12-14(10)17-7-6-15-12;/h2,6-7,11-12,14-16H,1,3-5,8H2;1H. The van der Waals surface area contributed by atoms with Gasteiger partial charge in [0, 0.05) is 18.8 Å². The van der Waals surface area contributed by atoms with E-state index in [4.69, 9.17) is 4.74 Å². The molecule has 3 atom stereocenters. The Morgan fingerprint density at radius 1 is 1.28 bits per heavy atom. The normalized spacial score (nSPS) is 36.4. The van der Waals surface area contributed by atoms with Crippen LogP contribution in [0.2, 0.25) is 0 Å². The summed E-state index contributed by atoms with van der Waals surface area (Å²) in [5.41, 5.74) is 4.67. The molecule has 0 saturated carbocycles. The lowest BCUT2D eigenvalue weighted by Crippen LogP contribution is -2.43. The van der Waals surface area contributed by atoms with Gasteiger partial charge in [-0.25, -0.2) is 0 Å². The lowest BCUT2D eigenvalue weighted by molar-refractivity contribution is 0.120. The predicted molar refractivity (Wildman–Crippen MR) is 73.6 cm³/mol. The fourth-order valence-corrected chi connectivity index (χ4v) is 3.67. The van der Waals surface area contributed by atoms with E-state index in [-0.39, 0.29) is 18.5 Å². The zero-order chi connectivity index (χ0) is 11.2. The van der Waals surface area contributed by atoms with Crippen LogP contribution in [-0.2, 0) is 4.74 Å². The molecule has 0 fully saturated rings. The van der Waals surface area contributed by atoms with Crippen molar-refractivity contribution in [3.63, 3.8) is 0 Å². The molecule has 0 aromatic heterocycles. The number of hydrogen-bond donors (Lipinski definition) is 2. The molecular weight excluding hydrogens is 248 g/mol. The number of fused-ring (bicyclic) bond motifs is 2. The van der Waals surface area contributed by atoms with Crippen molar-refractivity contribution in [2.75, 3.05) is 6.54 Å². The van der Waals surface area contributed by atoms with Crippen LogP contribution < -0.4 is 10.6 Å². The fraction of sp³-hybridized carbons (Fsp3) is 0.571. The Kier molecular flexibility index (Phi) is 3.12. The molecule has 4 aliphatic rings. The zero-order valence-corrected chi connectivity index (χ0v) is 11.1. The van der Waals surface area contributed by atoms with Gasteiger partial charge in [-0.1, -0.05) is 11.6 Å². The van der Waals surface area contributed by atoms with E-state index in [0.717, 1.165) is 6.54 Å². The maximum absolute atomic E-state index is 5.88. The van der Waals surface area contributed by atoms with Gasteiger partial charge in [0.15, 0.2) is 0 Å². The Morgan fingerprint density at radius 3 is 3.17 bits per heavy atom. The minimum absolute atomic E-state index is 0. The second kappa shape index (κ2) is 4.63. The van der Waals surface area contributed by atoms with E-state index < -0.39 is 0 Å². The van der Waals surface area contributed by atoms with Gasteiger partial charge < -0.3 is 15.4 Å². The summed E-state index contributed by atoms with van der Waals surface area (Å²) < 4.78 is 5.88. The van der Waals surface area contributed by atoms with Gasteiger partial charge in [-0.3, -0.25) is 0 Å². The van der Waals surface area contributed by atoms with Crippen LogP contribution in [0.3, 0.4) is 0 Å². The van der Waals surface area contributed by atoms with E-state index in [1.165, 1.54) is 31.3 Å². The third-order valence-corrected chi connectivity index (χ3v) is 4.45. The van der Waals surface area contributed by atoms with Crippen LogP contribution in [0.15, 0.2) is 35.3 Å². The first kappa shape index (κ1) is 12.1. The predicted octanol–water partition coefficient (Wildman–Crippen LogP) is 2.02. The molecule has 0 saturated heterocycles. The summed E-state index contributed by atoms with van der Waals surface area (Å²) in [6.45, 7) is 1.09. The number of allylic oxidation sites excluding steroid dienone is 1. The van der Waals surface area contributed by atoms with Gasteiger partial charge in [0.2, 0.25) is 0 Å². The minimum atomic E-state index is 0. The monoisotopic (exact) mass is 266 g/mol. The first-order valence-electron chi connectivity index (χ1n) is 6.66. The van der Waals surface area contributed by atoms with E-state index in [9.17, 15) is 0 Å². The van der Waals surface area contributed by atoms with Gasteiger partial charge in [-0.2, -0.15) is 0 Å². The summed E-state index contributed by atoms with van der Waals surface area (Å²) in [6.07, 6.45) is 11.2. The highest BCUT2D eigenvalue weighted by Crippen LogP contribution is 2.40. The first-order chi connectivity index (χ1) is 8.43. The Hall–Kier alpha value is -0.930. The largest absolute Gasteiger partial charge is 0.490 e. The van der Waals surface area contributed by atoms with Crippen molar-refractivity contribution in [1.82, 2.24) is 10.6 Å². The molecule has 4 rings (SSSR count). The average molecular weight is 267 g/mol. The van der Waals surface area contributed by atoms with E-state index in [0.29, 0.717) is 12.1 Å². The van der Waals surface area contributed by atoms with Crippen LogP contribution >= 0.6 is 12.4 Å². The van der Waals surface area contributed by atoms with Gasteiger partial charge in [0.25, 0.3) is 0 Å². The van der Waals surface area contributed by atoms with Crippen LogP contribution in [0.25, 0.3) is 0 Å². The van der Waals surface area contributed by atoms with E-state index >= 15 is 0 Å². The summed E-state index contributed by atoms with van der Waals surface area (Å²) in [6, 6.07) is 1.05. The van der Waals surface area contributed by atoms with Gasteiger partial charge in [0.05, 0.1) is 12.3 Å². The van der Waals surface area contributed by atoms with Crippen LogP contribution in [0.5, 0.6) is 0 Å².